The van der Waals surface area contributed by atoms with Gasteiger partial charge in [0.05, 0.1) is 40.3 Å². The van der Waals surface area contributed by atoms with E-state index in [1.165, 1.54) is 44.8 Å². The van der Waals surface area contributed by atoms with Crippen molar-refractivity contribution < 1.29 is 0 Å². The van der Waals surface area contributed by atoms with E-state index in [1.54, 1.807) is 28.0 Å². The number of fused-ring (bicyclic) bond motifs is 8. The summed E-state index contributed by atoms with van der Waals surface area (Å²) in [5, 5.41) is 18.1. The van der Waals surface area contributed by atoms with E-state index in [2.05, 4.69) is 351 Å². The second-order valence-electron chi connectivity index (χ2n) is 37.2. The number of hydrogen-bond donors (Lipinski definition) is 0. The number of nitrogens with zero attached hydrogens (tertiary/aromatic N) is 20. The number of pyridine rings is 6. The Morgan fingerprint density at radius 2 is 0.761 bits per heavy atom. The molecule has 596 valence electrons. The first-order valence-electron chi connectivity index (χ1n) is 38.6. The standard InChI is InChI=1S/2C13H16N2.2C12H16N2.2C11H15N3.2C10H13N3.CH4/c1-9-11-7-10(13(2,3)4)5-6-12(11)15-8-14-9;1-9-7-8-14-10-5-6-11(13(2,3)4)15-12(9)10;2*1-9-7-13-11-6-5-10(8-14(9)11)12(2,3)4;1-8-7-12-14-6-5-9(11(2,3)4)13-10(8)14;1-8-7-12-10-6-5-9(11(2,3)4)13-14(8)10;1-10(2,3)8-4-5-13-9(6-8)11-7-12-13;1-10(2,3)8-4-5-9-11-7-12-13(9)6-8;/h2*5-8H,1-4H3;2*5-8H,1-4H3;2*5-7H,1-4H3;2*4-7H,1-3H3;1H4. The highest BCUT2D eigenvalue weighted by molar-refractivity contribution is 5.81. The van der Waals surface area contributed by atoms with Crippen molar-refractivity contribution in [2.75, 3.05) is 0 Å². The van der Waals surface area contributed by atoms with Crippen LogP contribution in [0.15, 0.2) is 184 Å². The van der Waals surface area contributed by atoms with Crippen LogP contribution in [-0.4, -0.2) is 97.1 Å². The van der Waals surface area contributed by atoms with Crippen molar-refractivity contribution in [3.8, 4) is 0 Å². The minimum Gasteiger partial charge on any atom is -0.304 e. The monoisotopic (exact) mass is 1520 g/mol. The molecule has 0 amide bonds. The third kappa shape index (κ3) is 22.7. The van der Waals surface area contributed by atoms with E-state index in [0.29, 0.717) is 0 Å². The van der Waals surface area contributed by atoms with Crippen molar-refractivity contribution in [2.45, 2.75) is 258 Å². The molecule has 16 rings (SSSR count). The van der Waals surface area contributed by atoms with Gasteiger partial charge in [0.15, 0.2) is 22.6 Å². The van der Waals surface area contributed by atoms with Gasteiger partial charge in [-0.2, -0.15) is 20.4 Å². The molecule has 0 saturated carbocycles. The zero-order valence-electron chi connectivity index (χ0n) is 72.3. The maximum Gasteiger partial charge on any atom is 0.158 e. The van der Waals surface area contributed by atoms with Crippen LogP contribution in [0.25, 0.3) is 55.8 Å². The number of imidazole rings is 3. The Kier molecular flexibility index (Phi) is 26.8. The highest BCUT2D eigenvalue weighted by Gasteiger charge is 2.22. The first kappa shape index (κ1) is 87.6. The van der Waals surface area contributed by atoms with E-state index < -0.39 is 0 Å². The fourth-order valence-electron chi connectivity index (χ4n) is 11.6. The van der Waals surface area contributed by atoms with Crippen molar-refractivity contribution in [1.29, 1.82) is 0 Å². The Bertz CT molecular complexity index is 5300. The van der Waals surface area contributed by atoms with Crippen molar-refractivity contribution in [3.63, 3.8) is 0 Å². The Labute approximate surface area is 670 Å². The summed E-state index contributed by atoms with van der Waals surface area (Å²) in [6.45, 7) is 64.9. The summed E-state index contributed by atoms with van der Waals surface area (Å²) in [6.07, 6.45) is 24.4. The van der Waals surface area contributed by atoms with Gasteiger partial charge >= 0.3 is 0 Å². The van der Waals surface area contributed by atoms with Crippen LogP contribution >= 0.6 is 0 Å². The molecule has 0 radical (unpaired) electrons. The maximum atomic E-state index is 4.68. The molecule has 1 aromatic carbocycles. The summed E-state index contributed by atoms with van der Waals surface area (Å²) in [7, 11) is 0. The number of benzene rings is 1. The second-order valence-corrected chi connectivity index (χ2v) is 37.2. The van der Waals surface area contributed by atoms with Gasteiger partial charge < -0.3 is 8.80 Å². The lowest BCUT2D eigenvalue weighted by atomic mass is 9.86. The van der Waals surface area contributed by atoms with Gasteiger partial charge in [0, 0.05) is 105 Å². The van der Waals surface area contributed by atoms with E-state index in [1.807, 2.05) is 110 Å². The molecule has 0 N–H and O–H groups in total. The molecule has 0 aliphatic rings. The molecule has 0 spiro atoms. The van der Waals surface area contributed by atoms with Gasteiger partial charge in [-0.25, -0.2) is 57.9 Å². The number of aromatic nitrogens is 20. The van der Waals surface area contributed by atoms with E-state index in [0.717, 1.165) is 89.9 Å². The molecule has 0 bridgehead atoms. The summed E-state index contributed by atoms with van der Waals surface area (Å²) in [5.74, 6) is 0. The molecule has 15 aromatic heterocycles. The number of hydrogen-bond acceptors (Lipinski definition) is 14. The predicted octanol–water partition coefficient (Wildman–Crippen LogP) is 21.7. The normalized spacial score (nSPS) is 12.1. The number of aryl methyl sites for hydroxylation is 6. The Balaban J connectivity index is 0.000000162. The maximum absolute atomic E-state index is 4.68. The average molecular weight is 1520 g/mol. The molecular formula is C93H124N20. The first-order chi connectivity index (χ1) is 52.0. The van der Waals surface area contributed by atoms with Gasteiger partial charge in [-0.05, 0) is 181 Å². The fourth-order valence-corrected chi connectivity index (χ4v) is 11.6. The Hall–Kier alpha value is -11.0. The predicted molar refractivity (Wildman–Crippen MR) is 466 cm³/mol. The molecule has 0 aliphatic carbocycles. The number of rotatable bonds is 0. The quantitative estimate of drug-likeness (QED) is 0.138. The molecule has 0 saturated heterocycles. The van der Waals surface area contributed by atoms with E-state index in [-0.39, 0.29) is 50.7 Å². The average Bonchev–Trinajstić information content (AvgIpc) is 1.79. The minimum absolute atomic E-state index is 0. The van der Waals surface area contributed by atoms with Gasteiger partial charge in [-0.3, -0.25) is 9.97 Å². The lowest BCUT2D eigenvalue weighted by Gasteiger charge is -2.19. The summed E-state index contributed by atoms with van der Waals surface area (Å²) >= 11 is 0. The van der Waals surface area contributed by atoms with E-state index >= 15 is 0 Å². The molecule has 0 unspecified atom stereocenters. The van der Waals surface area contributed by atoms with Crippen LogP contribution in [0.5, 0.6) is 0 Å². The summed E-state index contributed by atoms with van der Waals surface area (Å²) < 4.78 is 11.6. The van der Waals surface area contributed by atoms with Crippen LogP contribution in [0.2, 0.25) is 0 Å². The van der Waals surface area contributed by atoms with Crippen molar-refractivity contribution in [1.82, 2.24) is 97.1 Å². The minimum atomic E-state index is 0. The van der Waals surface area contributed by atoms with Gasteiger partial charge in [0.25, 0.3) is 0 Å². The summed E-state index contributed by atoms with van der Waals surface area (Å²) in [6, 6.07) is 35.3. The van der Waals surface area contributed by atoms with Crippen molar-refractivity contribution in [2.24, 2.45) is 0 Å². The van der Waals surface area contributed by atoms with Crippen LogP contribution in [0, 0.1) is 41.5 Å². The Morgan fingerprint density at radius 3 is 1.32 bits per heavy atom. The first-order valence-corrected chi connectivity index (χ1v) is 38.6. The molecule has 113 heavy (non-hydrogen) atoms. The van der Waals surface area contributed by atoms with Crippen LogP contribution in [0.4, 0.5) is 0 Å². The van der Waals surface area contributed by atoms with Gasteiger partial charge in [-0.15, -0.1) is 0 Å². The molecule has 16 aromatic rings. The summed E-state index contributed by atoms with van der Waals surface area (Å²) in [4.78, 5) is 43.2. The molecule has 0 atom stereocenters. The smallest absolute Gasteiger partial charge is 0.158 e. The van der Waals surface area contributed by atoms with Crippen LogP contribution in [0.1, 0.15) is 252 Å². The summed E-state index contributed by atoms with van der Waals surface area (Å²) in [5.41, 5.74) is 26.6. The third-order valence-corrected chi connectivity index (χ3v) is 19.3. The van der Waals surface area contributed by atoms with Crippen LogP contribution < -0.4 is 0 Å². The zero-order chi connectivity index (χ0) is 82.4. The molecule has 20 heteroatoms. The molecule has 15 heterocycles. The Morgan fingerprint density at radius 1 is 0.301 bits per heavy atom. The van der Waals surface area contributed by atoms with E-state index in [9.17, 15) is 0 Å². The molecule has 20 nitrogen and oxygen atoms in total. The van der Waals surface area contributed by atoms with Gasteiger partial charge in [0.2, 0.25) is 0 Å². The SMILES string of the molecule is C.CC(C)(C)c1ccc2ncnn2c1.CC(C)(C)c1ccn2ncnc2c1.Cc1ccnc2ccc(C(C)(C)C)nc12.Cc1cnc2ccc(C(C)(C)C)cn12.Cc1cnc2ccc(C(C)(C)C)cn12.Cc1cnc2ccc(C(C)(C)C)nn12.Cc1cnn2ccc(C(C)(C)C)nc12.Cc1ncnc2ccc(C(C)(C)C)cc12. The highest BCUT2D eigenvalue weighted by Crippen LogP contribution is 2.30. The van der Waals surface area contributed by atoms with Crippen LogP contribution in [0.3, 0.4) is 0 Å². The largest absolute Gasteiger partial charge is 0.304 e. The molecular weight excluding hydrogens is 1400 g/mol. The molecule has 0 aliphatic heterocycles. The van der Waals surface area contributed by atoms with Crippen molar-refractivity contribution in [3.05, 3.63) is 263 Å². The zero-order valence-corrected chi connectivity index (χ0v) is 72.3. The second kappa shape index (κ2) is 34.5. The third-order valence-electron chi connectivity index (χ3n) is 19.3. The topological polar surface area (TPSA) is 207 Å². The highest BCUT2D eigenvalue weighted by atomic mass is 15.3. The lowest BCUT2D eigenvalue weighted by molar-refractivity contribution is 0.553. The van der Waals surface area contributed by atoms with Crippen molar-refractivity contribution >= 4 is 55.8 Å². The van der Waals surface area contributed by atoms with Crippen LogP contribution in [-0.2, 0) is 43.3 Å². The van der Waals surface area contributed by atoms with Gasteiger partial charge in [-0.1, -0.05) is 198 Å². The van der Waals surface area contributed by atoms with Gasteiger partial charge in [0.1, 0.15) is 30.3 Å². The fraction of sp³-hybridized carbons (Fsp3) is 0.419. The molecule has 0 fully saturated rings. The van der Waals surface area contributed by atoms with E-state index in [4.69, 9.17) is 0 Å². The lowest BCUT2D eigenvalue weighted by Crippen LogP contribution is -2.15.